The van der Waals surface area contributed by atoms with Crippen molar-refractivity contribution in [1.29, 1.82) is 0 Å². The SMILES string of the molecule is CCc1cc(Br)ccc1NS(=O)(=O)C1CCCCC1. The molecule has 0 spiro atoms. The molecule has 1 saturated carbocycles. The van der Waals surface area contributed by atoms with E-state index < -0.39 is 10.0 Å². The van der Waals surface area contributed by atoms with Crippen LogP contribution in [-0.4, -0.2) is 13.7 Å². The van der Waals surface area contributed by atoms with Crippen molar-refractivity contribution in [3.05, 3.63) is 28.2 Å². The summed E-state index contributed by atoms with van der Waals surface area (Å²) in [5.74, 6) is 0. The molecule has 0 saturated heterocycles. The van der Waals surface area contributed by atoms with E-state index in [2.05, 4.69) is 20.7 Å². The van der Waals surface area contributed by atoms with E-state index in [4.69, 9.17) is 0 Å². The molecule has 106 valence electrons. The molecule has 0 heterocycles. The molecule has 5 heteroatoms. The lowest BCUT2D eigenvalue weighted by Gasteiger charge is -2.23. The Morgan fingerprint density at radius 2 is 1.95 bits per heavy atom. The Bertz CT molecular complexity index is 536. The van der Waals surface area contributed by atoms with E-state index in [9.17, 15) is 8.42 Å². The van der Waals surface area contributed by atoms with Gasteiger partial charge in [-0.2, -0.15) is 0 Å². The zero-order chi connectivity index (χ0) is 13.9. The van der Waals surface area contributed by atoms with E-state index in [1.807, 2.05) is 25.1 Å². The van der Waals surface area contributed by atoms with Gasteiger partial charge in [0.15, 0.2) is 0 Å². The van der Waals surface area contributed by atoms with Gasteiger partial charge in [0.1, 0.15) is 0 Å². The Balaban J connectivity index is 2.19. The average Bonchev–Trinajstić information content (AvgIpc) is 2.41. The van der Waals surface area contributed by atoms with Crippen LogP contribution in [0, 0.1) is 0 Å². The monoisotopic (exact) mass is 345 g/mol. The Morgan fingerprint density at radius 3 is 2.58 bits per heavy atom. The van der Waals surface area contributed by atoms with Gasteiger partial charge in [-0.25, -0.2) is 8.42 Å². The topological polar surface area (TPSA) is 46.2 Å². The average molecular weight is 346 g/mol. The maximum absolute atomic E-state index is 12.4. The van der Waals surface area contributed by atoms with Crippen LogP contribution in [0.4, 0.5) is 5.69 Å². The predicted molar refractivity (Wildman–Crippen MR) is 82.9 cm³/mol. The van der Waals surface area contributed by atoms with Gasteiger partial charge >= 0.3 is 0 Å². The predicted octanol–water partition coefficient (Wildman–Crippen LogP) is 4.09. The fraction of sp³-hybridized carbons (Fsp3) is 0.571. The molecule has 0 unspecified atom stereocenters. The second-order valence-electron chi connectivity index (χ2n) is 5.06. The second-order valence-corrected chi connectivity index (χ2v) is 7.94. The van der Waals surface area contributed by atoms with Crippen LogP contribution in [0.3, 0.4) is 0 Å². The molecule has 0 amide bonds. The van der Waals surface area contributed by atoms with Crippen molar-refractivity contribution in [1.82, 2.24) is 0 Å². The van der Waals surface area contributed by atoms with Crippen molar-refractivity contribution < 1.29 is 8.42 Å². The lowest BCUT2D eigenvalue weighted by molar-refractivity contribution is 0.486. The molecule has 0 bridgehead atoms. The maximum Gasteiger partial charge on any atom is 0.235 e. The minimum Gasteiger partial charge on any atom is -0.283 e. The van der Waals surface area contributed by atoms with E-state index in [1.165, 1.54) is 0 Å². The molecule has 19 heavy (non-hydrogen) atoms. The van der Waals surface area contributed by atoms with Crippen molar-refractivity contribution in [2.24, 2.45) is 0 Å². The van der Waals surface area contributed by atoms with Gasteiger partial charge in [-0.05, 0) is 43.0 Å². The first-order chi connectivity index (χ1) is 9.03. The highest BCUT2D eigenvalue weighted by atomic mass is 79.9. The van der Waals surface area contributed by atoms with Gasteiger partial charge in [0, 0.05) is 4.47 Å². The number of nitrogens with one attached hydrogen (secondary N) is 1. The minimum absolute atomic E-state index is 0.227. The number of hydrogen-bond donors (Lipinski definition) is 1. The summed E-state index contributed by atoms with van der Waals surface area (Å²) in [6.07, 6.45) is 5.58. The second kappa shape index (κ2) is 6.27. The van der Waals surface area contributed by atoms with E-state index in [0.717, 1.165) is 54.2 Å². The van der Waals surface area contributed by atoms with Crippen molar-refractivity contribution in [2.75, 3.05) is 4.72 Å². The molecule has 2 rings (SSSR count). The van der Waals surface area contributed by atoms with Crippen LogP contribution >= 0.6 is 15.9 Å². The minimum atomic E-state index is -3.25. The molecule has 1 aliphatic carbocycles. The number of anilines is 1. The van der Waals surface area contributed by atoms with Crippen LogP contribution in [0.25, 0.3) is 0 Å². The zero-order valence-electron chi connectivity index (χ0n) is 11.2. The molecule has 0 atom stereocenters. The Hall–Kier alpha value is -0.550. The van der Waals surface area contributed by atoms with Gasteiger partial charge in [-0.3, -0.25) is 4.72 Å². The number of aryl methyl sites for hydroxylation is 1. The highest BCUT2D eigenvalue weighted by Crippen LogP contribution is 2.27. The van der Waals surface area contributed by atoms with Crippen molar-refractivity contribution >= 4 is 31.6 Å². The molecule has 0 radical (unpaired) electrons. The van der Waals surface area contributed by atoms with Gasteiger partial charge in [-0.15, -0.1) is 0 Å². The number of halogens is 1. The van der Waals surface area contributed by atoms with Crippen LogP contribution < -0.4 is 4.72 Å². The molecular formula is C14H20BrNO2S. The molecule has 1 aromatic rings. The van der Waals surface area contributed by atoms with Crippen molar-refractivity contribution in [3.8, 4) is 0 Å². The molecule has 0 aromatic heterocycles. The van der Waals surface area contributed by atoms with Crippen molar-refractivity contribution in [2.45, 2.75) is 50.7 Å². The first-order valence-corrected chi connectivity index (χ1v) is 9.17. The Kier molecular flexibility index (Phi) is 4.90. The number of rotatable bonds is 4. The lowest BCUT2D eigenvalue weighted by Crippen LogP contribution is -2.30. The van der Waals surface area contributed by atoms with Gasteiger partial charge in [0.25, 0.3) is 0 Å². The normalized spacial score (nSPS) is 17.4. The molecule has 1 N–H and O–H groups in total. The van der Waals surface area contributed by atoms with Gasteiger partial charge in [-0.1, -0.05) is 42.1 Å². The summed E-state index contributed by atoms with van der Waals surface area (Å²) >= 11 is 3.42. The number of hydrogen-bond acceptors (Lipinski definition) is 2. The van der Waals surface area contributed by atoms with Gasteiger partial charge < -0.3 is 0 Å². The van der Waals surface area contributed by atoms with Crippen LogP contribution in [0.1, 0.15) is 44.6 Å². The molecule has 3 nitrogen and oxygen atoms in total. The molecular weight excluding hydrogens is 326 g/mol. The lowest BCUT2D eigenvalue weighted by atomic mass is 10.0. The third-order valence-corrected chi connectivity index (χ3v) is 6.04. The van der Waals surface area contributed by atoms with Crippen LogP contribution in [0.15, 0.2) is 22.7 Å². The third kappa shape index (κ3) is 3.72. The van der Waals surface area contributed by atoms with Crippen LogP contribution in [-0.2, 0) is 16.4 Å². The first kappa shape index (κ1) is 14.9. The van der Waals surface area contributed by atoms with E-state index in [1.54, 1.807) is 0 Å². The van der Waals surface area contributed by atoms with Crippen LogP contribution in [0.2, 0.25) is 0 Å². The zero-order valence-corrected chi connectivity index (χ0v) is 13.6. The quantitative estimate of drug-likeness (QED) is 0.893. The Labute approximate surface area is 124 Å². The largest absolute Gasteiger partial charge is 0.283 e. The first-order valence-electron chi connectivity index (χ1n) is 6.83. The molecule has 0 aliphatic heterocycles. The Morgan fingerprint density at radius 1 is 1.26 bits per heavy atom. The summed E-state index contributed by atoms with van der Waals surface area (Å²) in [6.45, 7) is 2.03. The summed E-state index contributed by atoms with van der Waals surface area (Å²) in [7, 11) is -3.25. The summed E-state index contributed by atoms with van der Waals surface area (Å²) in [6, 6.07) is 5.68. The van der Waals surface area contributed by atoms with Crippen molar-refractivity contribution in [3.63, 3.8) is 0 Å². The fourth-order valence-corrected chi connectivity index (χ4v) is 4.60. The number of sulfonamides is 1. The van der Waals surface area contributed by atoms with Gasteiger partial charge in [0.05, 0.1) is 10.9 Å². The van der Waals surface area contributed by atoms with Crippen LogP contribution in [0.5, 0.6) is 0 Å². The molecule has 1 aromatic carbocycles. The standard InChI is InChI=1S/C14H20BrNO2S/c1-2-11-10-12(15)8-9-14(11)16-19(17,18)13-6-4-3-5-7-13/h8-10,13,16H,2-7H2,1H3. The maximum atomic E-state index is 12.4. The smallest absolute Gasteiger partial charge is 0.235 e. The summed E-state index contributed by atoms with van der Waals surface area (Å²) in [5, 5.41) is -0.227. The van der Waals surface area contributed by atoms with E-state index >= 15 is 0 Å². The molecule has 1 aliphatic rings. The fourth-order valence-electron chi connectivity index (χ4n) is 2.57. The van der Waals surface area contributed by atoms with Gasteiger partial charge in [0.2, 0.25) is 10.0 Å². The summed E-state index contributed by atoms with van der Waals surface area (Å²) in [5.41, 5.74) is 1.74. The summed E-state index contributed by atoms with van der Waals surface area (Å²) in [4.78, 5) is 0. The number of benzene rings is 1. The summed E-state index contributed by atoms with van der Waals surface area (Å²) < 4.78 is 28.5. The highest BCUT2D eigenvalue weighted by Gasteiger charge is 2.27. The third-order valence-electron chi connectivity index (χ3n) is 3.69. The molecule has 1 fully saturated rings. The van der Waals surface area contributed by atoms with E-state index in [0.29, 0.717) is 0 Å². The van der Waals surface area contributed by atoms with E-state index in [-0.39, 0.29) is 5.25 Å². The highest BCUT2D eigenvalue weighted by molar-refractivity contribution is 9.10.